The number of carbonyl (C=O) groups excluding carboxylic acids is 1. The summed E-state index contributed by atoms with van der Waals surface area (Å²) in [5.74, 6) is -0.207. The summed E-state index contributed by atoms with van der Waals surface area (Å²) in [6.07, 6.45) is 2.87. The summed E-state index contributed by atoms with van der Waals surface area (Å²) < 4.78 is 7.22. The van der Waals surface area contributed by atoms with Gasteiger partial charge in [-0.25, -0.2) is 0 Å². The van der Waals surface area contributed by atoms with E-state index in [2.05, 4.69) is 28.6 Å². The third kappa shape index (κ3) is 2.66. The molecule has 0 bridgehead atoms. The highest BCUT2D eigenvalue weighted by molar-refractivity contribution is 6.34. The molecule has 1 amide bonds. The highest BCUT2D eigenvalue weighted by Crippen LogP contribution is 2.51. The van der Waals surface area contributed by atoms with E-state index in [-0.39, 0.29) is 17.4 Å². The summed E-state index contributed by atoms with van der Waals surface area (Å²) in [5.41, 5.74) is 3.64. The molecule has 2 aromatic rings. The molecule has 2 aliphatic rings. The maximum Gasteiger partial charge on any atom is 0.273 e. The molecule has 1 spiro atoms. The van der Waals surface area contributed by atoms with Crippen LogP contribution >= 0.6 is 11.6 Å². The molecule has 1 aliphatic carbocycles. The van der Waals surface area contributed by atoms with Crippen molar-refractivity contribution in [2.24, 2.45) is 12.5 Å². The normalized spacial score (nSPS) is 21.3. The van der Waals surface area contributed by atoms with Crippen LogP contribution in [0.15, 0.2) is 24.3 Å². The van der Waals surface area contributed by atoms with E-state index >= 15 is 0 Å². The highest BCUT2D eigenvalue weighted by Gasteiger charge is 2.47. The average molecular weight is 360 g/mol. The Labute approximate surface area is 152 Å². The van der Waals surface area contributed by atoms with Crippen LogP contribution in [0.1, 0.15) is 46.2 Å². The van der Waals surface area contributed by atoms with E-state index in [1.54, 1.807) is 11.7 Å². The first-order valence-corrected chi connectivity index (χ1v) is 9.05. The molecule has 132 valence electrons. The number of hydrogen-bond acceptors (Lipinski definition) is 3. The summed E-state index contributed by atoms with van der Waals surface area (Å²) in [7, 11) is 1.79. The van der Waals surface area contributed by atoms with Crippen molar-refractivity contribution >= 4 is 17.5 Å². The van der Waals surface area contributed by atoms with E-state index in [1.165, 1.54) is 11.1 Å². The Balaban J connectivity index is 1.68. The summed E-state index contributed by atoms with van der Waals surface area (Å²) >= 11 is 6.31. The van der Waals surface area contributed by atoms with E-state index < -0.39 is 0 Å². The molecular weight excluding hydrogens is 338 g/mol. The average Bonchev–Trinajstić information content (AvgIpc) is 3.05. The summed E-state index contributed by atoms with van der Waals surface area (Å²) in [5, 5.41) is 7.95. The van der Waals surface area contributed by atoms with Crippen LogP contribution in [0.2, 0.25) is 5.02 Å². The van der Waals surface area contributed by atoms with Gasteiger partial charge < -0.3 is 10.1 Å². The molecular formula is C19H22ClN3O2. The highest BCUT2D eigenvalue weighted by atomic mass is 35.5. The number of ether oxygens (including phenoxy) is 1. The van der Waals surface area contributed by atoms with Crippen molar-refractivity contribution in [1.29, 1.82) is 0 Å². The van der Waals surface area contributed by atoms with Gasteiger partial charge in [-0.2, -0.15) is 5.10 Å². The molecule has 0 radical (unpaired) electrons. The maximum absolute atomic E-state index is 12.9. The molecule has 2 heterocycles. The first kappa shape index (κ1) is 16.6. The Bertz CT molecular complexity index is 824. The number of amides is 1. The largest absolute Gasteiger partial charge is 0.381 e. The van der Waals surface area contributed by atoms with Crippen molar-refractivity contribution in [2.75, 3.05) is 13.2 Å². The number of nitrogens with one attached hydrogen (secondary N) is 1. The number of carbonyl (C=O) groups is 1. The van der Waals surface area contributed by atoms with Crippen molar-refractivity contribution in [1.82, 2.24) is 15.1 Å². The predicted molar refractivity (Wildman–Crippen MR) is 95.8 cm³/mol. The predicted octanol–water partition coefficient (Wildman–Crippen LogP) is 3.21. The van der Waals surface area contributed by atoms with Gasteiger partial charge in [-0.15, -0.1) is 0 Å². The van der Waals surface area contributed by atoms with E-state index in [0.29, 0.717) is 10.7 Å². The molecule has 1 aromatic heterocycles. The Morgan fingerprint density at radius 2 is 2.08 bits per heavy atom. The van der Waals surface area contributed by atoms with Crippen LogP contribution in [0.5, 0.6) is 0 Å². The number of nitrogens with zero attached hydrogens (tertiary/aromatic N) is 2. The van der Waals surface area contributed by atoms with Crippen molar-refractivity contribution in [3.05, 3.63) is 51.8 Å². The Hall–Kier alpha value is -1.85. The summed E-state index contributed by atoms with van der Waals surface area (Å²) in [6.45, 7) is 3.34. The molecule has 0 unspecified atom stereocenters. The zero-order chi connectivity index (χ0) is 17.6. The van der Waals surface area contributed by atoms with Gasteiger partial charge in [0.1, 0.15) is 0 Å². The summed E-state index contributed by atoms with van der Waals surface area (Å²) in [4.78, 5) is 12.9. The lowest BCUT2D eigenvalue weighted by Crippen LogP contribution is -2.42. The number of rotatable bonds is 2. The quantitative estimate of drug-likeness (QED) is 0.895. The van der Waals surface area contributed by atoms with Crippen LogP contribution in [0, 0.1) is 12.3 Å². The number of hydrogen-bond donors (Lipinski definition) is 1. The van der Waals surface area contributed by atoms with Crippen LogP contribution in [0.3, 0.4) is 0 Å². The van der Waals surface area contributed by atoms with Crippen molar-refractivity contribution in [3.8, 4) is 0 Å². The van der Waals surface area contributed by atoms with Gasteiger partial charge in [0, 0.05) is 25.7 Å². The van der Waals surface area contributed by atoms with Crippen LogP contribution in [-0.2, 0) is 18.2 Å². The second-order valence-electron chi connectivity index (χ2n) is 7.13. The number of fused-ring (bicyclic) bond motifs is 1. The van der Waals surface area contributed by atoms with Crippen LogP contribution in [-0.4, -0.2) is 28.9 Å². The minimum atomic E-state index is -0.207. The molecule has 1 fully saturated rings. The molecule has 25 heavy (non-hydrogen) atoms. The Morgan fingerprint density at radius 3 is 2.76 bits per heavy atom. The third-order valence-corrected chi connectivity index (χ3v) is 6.21. The minimum Gasteiger partial charge on any atom is -0.381 e. The van der Waals surface area contributed by atoms with Gasteiger partial charge in [0.15, 0.2) is 5.69 Å². The topological polar surface area (TPSA) is 56.1 Å². The maximum atomic E-state index is 12.9. The Kier molecular flexibility index (Phi) is 4.08. The third-order valence-electron chi connectivity index (χ3n) is 5.76. The first-order valence-electron chi connectivity index (χ1n) is 8.67. The second kappa shape index (κ2) is 6.15. The standard InChI is InChI=1S/C19H22ClN3O2/c1-12-15(20)16(22-23(12)2)18(24)21-17-14-6-4-3-5-13(14)11-19(17)7-9-25-10-8-19/h3-6,17H,7-11H2,1-2H3,(H,21,24)/t17-/m0/s1. The fraction of sp³-hybridized carbons (Fsp3) is 0.474. The fourth-order valence-corrected chi connectivity index (χ4v) is 4.44. The minimum absolute atomic E-state index is 0.0217. The second-order valence-corrected chi connectivity index (χ2v) is 7.51. The smallest absolute Gasteiger partial charge is 0.273 e. The van der Waals surface area contributed by atoms with E-state index in [1.807, 2.05) is 13.0 Å². The van der Waals surface area contributed by atoms with Gasteiger partial charge in [0.2, 0.25) is 0 Å². The zero-order valence-corrected chi connectivity index (χ0v) is 15.3. The van der Waals surface area contributed by atoms with Crippen LogP contribution < -0.4 is 5.32 Å². The number of halogens is 1. The Morgan fingerprint density at radius 1 is 1.36 bits per heavy atom. The van der Waals surface area contributed by atoms with Gasteiger partial charge in [-0.05, 0) is 37.3 Å². The fourth-order valence-electron chi connectivity index (χ4n) is 4.19. The van der Waals surface area contributed by atoms with Gasteiger partial charge in [0.05, 0.1) is 16.8 Å². The van der Waals surface area contributed by atoms with Crippen molar-refractivity contribution in [3.63, 3.8) is 0 Å². The number of aromatic nitrogens is 2. The molecule has 1 saturated heterocycles. The molecule has 1 aliphatic heterocycles. The lowest BCUT2D eigenvalue weighted by atomic mass is 9.74. The molecule has 0 saturated carbocycles. The van der Waals surface area contributed by atoms with Crippen molar-refractivity contribution in [2.45, 2.75) is 32.2 Å². The van der Waals surface area contributed by atoms with Crippen LogP contribution in [0.4, 0.5) is 0 Å². The van der Waals surface area contributed by atoms with Gasteiger partial charge in [0.25, 0.3) is 5.91 Å². The van der Waals surface area contributed by atoms with E-state index in [4.69, 9.17) is 16.3 Å². The molecule has 5 nitrogen and oxygen atoms in total. The van der Waals surface area contributed by atoms with Gasteiger partial charge in [-0.3, -0.25) is 9.48 Å². The van der Waals surface area contributed by atoms with Crippen molar-refractivity contribution < 1.29 is 9.53 Å². The lowest BCUT2D eigenvalue weighted by Gasteiger charge is -2.39. The van der Waals surface area contributed by atoms with Crippen LogP contribution in [0.25, 0.3) is 0 Å². The van der Waals surface area contributed by atoms with E-state index in [0.717, 1.165) is 38.2 Å². The van der Waals surface area contributed by atoms with E-state index in [9.17, 15) is 4.79 Å². The van der Waals surface area contributed by atoms with Gasteiger partial charge >= 0.3 is 0 Å². The lowest BCUT2D eigenvalue weighted by molar-refractivity contribution is 0.000508. The molecule has 1 aromatic carbocycles. The van der Waals surface area contributed by atoms with Gasteiger partial charge in [-0.1, -0.05) is 35.9 Å². The molecule has 1 N–H and O–H groups in total. The monoisotopic (exact) mass is 359 g/mol. The molecule has 6 heteroatoms. The summed E-state index contributed by atoms with van der Waals surface area (Å²) in [6, 6.07) is 8.36. The SMILES string of the molecule is Cc1c(Cl)c(C(=O)N[C@H]2c3ccccc3CC23CCOCC3)nn1C. The molecule has 1 atom stereocenters. The zero-order valence-electron chi connectivity index (χ0n) is 14.5. The molecule has 4 rings (SSSR count). The first-order chi connectivity index (χ1) is 12.0. The number of benzene rings is 1. The number of aryl methyl sites for hydroxylation is 1.